The van der Waals surface area contributed by atoms with Crippen LogP contribution in [0.2, 0.25) is 0 Å². The van der Waals surface area contributed by atoms with E-state index in [4.69, 9.17) is 5.73 Å². The van der Waals surface area contributed by atoms with Crippen LogP contribution in [0.5, 0.6) is 0 Å². The van der Waals surface area contributed by atoms with Crippen molar-refractivity contribution in [3.05, 3.63) is 42.7 Å². The summed E-state index contributed by atoms with van der Waals surface area (Å²) in [5.41, 5.74) is 5.63. The summed E-state index contributed by atoms with van der Waals surface area (Å²) in [6.45, 7) is 0. The Morgan fingerprint density at radius 3 is 2.75 bits per heavy atom. The molecule has 0 radical (unpaired) electrons. The molecule has 3 rings (SSSR count). The smallest absolute Gasteiger partial charge is 0.257 e. The third-order valence-electron chi connectivity index (χ3n) is 2.28. The molecule has 0 amide bonds. The lowest BCUT2D eigenvalue weighted by molar-refractivity contribution is 0.601. The van der Waals surface area contributed by atoms with E-state index < -0.39 is 0 Å². The Bertz CT molecular complexity index is 731. The van der Waals surface area contributed by atoms with Gasteiger partial charge in [0.2, 0.25) is 5.95 Å². The lowest BCUT2D eigenvalue weighted by atomic mass is 10.4. The van der Waals surface area contributed by atoms with E-state index >= 15 is 0 Å². The minimum Gasteiger partial charge on any atom is -0.368 e. The molecule has 0 atom stereocenters. The molecule has 0 spiro atoms. The molecule has 0 saturated heterocycles. The van der Waals surface area contributed by atoms with Gasteiger partial charge in [-0.05, 0) is 23.9 Å². The van der Waals surface area contributed by atoms with Crippen molar-refractivity contribution >= 4 is 17.7 Å². The molecule has 0 aliphatic rings. The number of rotatable bonds is 3. The van der Waals surface area contributed by atoms with Gasteiger partial charge in [0.1, 0.15) is 18.5 Å². The summed E-state index contributed by atoms with van der Waals surface area (Å²) in [5, 5.41) is 4.19. The summed E-state index contributed by atoms with van der Waals surface area (Å²) in [7, 11) is 0. The van der Waals surface area contributed by atoms with Gasteiger partial charge >= 0.3 is 0 Å². The average molecular weight is 289 g/mol. The zero-order valence-corrected chi connectivity index (χ0v) is 10.8. The van der Waals surface area contributed by atoms with E-state index in [0.29, 0.717) is 4.90 Å². The highest BCUT2D eigenvalue weighted by atomic mass is 32.2. The Morgan fingerprint density at radius 1 is 1.15 bits per heavy atom. The van der Waals surface area contributed by atoms with Crippen molar-refractivity contribution in [2.75, 3.05) is 5.73 Å². The Labute approximate surface area is 117 Å². The van der Waals surface area contributed by atoms with E-state index in [1.165, 1.54) is 23.4 Å². The fourth-order valence-corrected chi connectivity index (χ4v) is 2.22. The van der Waals surface area contributed by atoms with Crippen LogP contribution in [0.25, 0.3) is 5.95 Å². The second kappa shape index (κ2) is 5.21. The fourth-order valence-electron chi connectivity index (χ4n) is 1.45. The van der Waals surface area contributed by atoms with Crippen LogP contribution < -0.4 is 5.73 Å². The molecule has 0 aliphatic carbocycles. The predicted octanol–water partition coefficient (Wildman–Crippen LogP) is 1.32. The largest absolute Gasteiger partial charge is 0.368 e. The summed E-state index contributed by atoms with van der Waals surface area (Å²) in [5.74, 6) is -0.0861. The van der Waals surface area contributed by atoms with Crippen LogP contribution in [-0.4, -0.2) is 29.7 Å². The summed E-state index contributed by atoms with van der Waals surface area (Å²) in [4.78, 5) is 16.3. The predicted molar refractivity (Wildman–Crippen MR) is 69.7 cm³/mol. The van der Waals surface area contributed by atoms with E-state index in [1.807, 2.05) is 0 Å². The maximum absolute atomic E-state index is 13.6. The number of hydrogen-bond donors (Lipinski definition) is 1. The maximum Gasteiger partial charge on any atom is 0.257 e. The van der Waals surface area contributed by atoms with Gasteiger partial charge in [-0.15, -0.1) is 0 Å². The zero-order valence-electron chi connectivity index (χ0n) is 10.0. The van der Waals surface area contributed by atoms with E-state index in [-0.39, 0.29) is 22.9 Å². The number of nitrogen functional groups attached to an aromatic ring is 1. The first-order valence-electron chi connectivity index (χ1n) is 5.51. The van der Waals surface area contributed by atoms with Crippen molar-refractivity contribution in [2.45, 2.75) is 10.1 Å². The molecular weight excluding hydrogens is 281 g/mol. The third-order valence-corrected chi connectivity index (χ3v) is 3.20. The van der Waals surface area contributed by atoms with Gasteiger partial charge in [-0.1, -0.05) is 12.1 Å². The molecule has 100 valence electrons. The number of anilines is 1. The second-order valence-corrected chi connectivity index (χ2v) is 4.66. The van der Waals surface area contributed by atoms with Crippen LogP contribution >= 0.6 is 11.8 Å². The van der Waals surface area contributed by atoms with Crippen LogP contribution in [0, 0.1) is 5.82 Å². The highest BCUT2D eigenvalue weighted by Gasteiger charge is 2.10. The minimum absolute atomic E-state index is 0.0318. The number of hydrogen-bond acceptors (Lipinski definition) is 7. The average Bonchev–Trinajstić information content (AvgIpc) is 2.95. The van der Waals surface area contributed by atoms with E-state index in [2.05, 4.69) is 25.0 Å². The molecule has 1 aromatic carbocycles. The van der Waals surface area contributed by atoms with Gasteiger partial charge < -0.3 is 5.73 Å². The van der Waals surface area contributed by atoms with Crippen LogP contribution in [0.15, 0.2) is 47.0 Å². The minimum atomic E-state index is -0.348. The molecule has 2 N–H and O–H groups in total. The van der Waals surface area contributed by atoms with Gasteiger partial charge in [0.05, 0.1) is 4.90 Å². The quantitative estimate of drug-likeness (QED) is 0.777. The molecule has 2 aromatic heterocycles. The maximum atomic E-state index is 13.6. The lowest BCUT2D eigenvalue weighted by Crippen LogP contribution is -2.07. The van der Waals surface area contributed by atoms with Crippen LogP contribution in [0.3, 0.4) is 0 Å². The number of benzene rings is 1. The molecule has 0 bridgehead atoms. The van der Waals surface area contributed by atoms with Crippen LogP contribution in [-0.2, 0) is 0 Å². The topological polar surface area (TPSA) is 95.4 Å². The normalized spacial score (nSPS) is 10.7. The number of nitrogens with two attached hydrogens (primary N) is 1. The van der Waals surface area contributed by atoms with E-state index in [1.54, 1.807) is 18.2 Å². The summed E-state index contributed by atoms with van der Waals surface area (Å²) >= 11 is 1.06. The summed E-state index contributed by atoms with van der Waals surface area (Å²) < 4.78 is 14.9. The van der Waals surface area contributed by atoms with Gasteiger partial charge in [-0.2, -0.15) is 24.7 Å². The Hall–Kier alpha value is -2.55. The highest BCUT2D eigenvalue weighted by Crippen LogP contribution is 2.27. The first-order valence-corrected chi connectivity index (χ1v) is 6.33. The standard InChI is InChI=1S/C11H8FN7S/c12-7-3-1-2-4-8(7)20-11-17-9(13)16-10(18-11)19-6-14-5-15-19/h1-6H,(H2,13,16,17,18). The lowest BCUT2D eigenvalue weighted by Gasteiger charge is -2.04. The number of halogens is 1. The third kappa shape index (κ3) is 2.57. The summed E-state index contributed by atoms with van der Waals surface area (Å²) in [6, 6.07) is 6.34. The molecule has 9 heteroatoms. The van der Waals surface area contributed by atoms with E-state index in [0.717, 1.165) is 11.8 Å². The number of nitrogens with zero attached hydrogens (tertiary/aromatic N) is 6. The molecule has 0 aliphatic heterocycles. The molecule has 0 saturated carbocycles. The van der Waals surface area contributed by atoms with Gasteiger partial charge in [-0.3, -0.25) is 0 Å². The van der Waals surface area contributed by atoms with Gasteiger partial charge in [0.25, 0.3) is 5.95 Å². The van der Waals surface area contributed by atoms with Gasteiger partial charge in [0, 0.05) is 0 Å². The zero-order chi connectivity index (χ0) is 13.9. The van der Waals surface area contributed by atoms with Crippen LogP contribution in [0.1, 0.15) is 0 Å². The van der Waals surface area contributed by atoms with E-state index in [9.17, 15) is 4.39 Å². The van der Waals surface area contributed by atoms with Gasteiger partial charge in [0.15, 0.2) is 5.16 Å². The van der Waals surface area contributed by atoms with Crippen molar-refractivity contribution < 1.29 is 4.39 Å². The van der Waals surface area contributed by atoms with Gasteiger partial charge in [-0.25, -0.2) is 9.37 Å². The molecule has 7 nitrogen and oxygen atoms in total. The molecule has 2 heterocycles. The summed E-state index contributed by atoms with van der Waals surface area (Å²) in [6.07, 6.45) is 2.79. The molecule has 3 aromatic rings. The fraction of sp³-hybridized carbons (Fsp3) is 0. The Morgan fingerprint density at radius 2 is 2.00 bits per heavy atom. The highest BCUT2D eigenvalue weighted by molar-refractivity contribution is 7.99. The van der Waals surface area contributed by atoms with Crippen molar-refractivity contribution in [3.63, 3.8) is 0 Å². The SMILES string of the molecule is Nc1nc(Sc2ccccc2F)nc(-n2cncn2)n1. The van der Waals surface area contributed by atoms with Crippen molar-refractivity contribution in [3.8, 4) is 5.95 Å². The Kier molecular flexibility index (Phi) is 3.25. The van der Waals surface area contributed by atoms with Crippen molar-refractivity contribution in [2.24, 2.45) is 0 Å². The molecule has 0 unspecified atom stereocenters. The molecular formula is C11H8FN7S. The first-order chi connectivity index (χ1) is 9.72. The van der Waals surface area contributed by atoms with Crippen molar-refractivity contribution in [1.29, 1.82) is 0 Å². The monoisotopic (exact) mass is 289 g/mol. The Balaban J connectivity index is 1.97. The molecule has 0 fully saturated rings. The van der Waals surface area contributed by atoms with Crippen LogP contribution in [0.4, 0.5) is 10.3 Å². The second-order valence-electron chi connectivity index (χ2n) is 3.65. The molecule has 20 heavy (non-hydrogen) atoms. The van der Waals surface area contributed by atoms with Crippen molar-refractivity contribution in [1.82, 2.24) is 29.7 Å². The number of aromatic nitrogens is 6. The first kappa shape index (κ1) is 12.5.